The van der Waals surface area contributed by atoms with Crippen LogP contribution in [0.4, 0.5) is 0 Å². The second-order valence-corrected chi connectivity index (χ2v) is 11.0. The molecule has 2 heteroatoms. The van der Waals surface area contributed by atoms with Gasteiger partial charge in [0.15, 0.2) is 0 Å². The minimum absolute atomic E-state index is 0.0638. The Labute approximate surface area is 188 Å². The van der Waals surface area contributed by atoms with Crippen LogP contribution in [0.25, 0.3) is 22.2 Å². The Kier molecular flexibility index (Phi) is 4.14. The first-order chi connectivity index (χ1) is 14.9. The normalized spacial score (nSPS) is 20.7. The van der Waals surface area contributed by atoms with E-state index < -0.39 is 0 Å². The van der Waals surface area contributed by atoms with E-state index in [1.165, 1.54) is 38.1 Å². The molecule has 2 heterocycles. The molecule has 0 spiro atoms. The molecule has 1 aliphatic heterocycles. The maximum absolute atomic E-state index is 5.12. The molecule has 154 valence electrons. The van der Waals surface area contributed by atoms with E-state index in [0.717, 1.165) is 11.2 Å². The van der Waals surface area contributed by atoms with E-state index in [2.05, 4.69) is 100 Å². The molecule has 6 rings (SSSR count). The predicted octanol–water partition coefficient (Wildman–Crippen LogP) is 8.25. The lowest BCUT2D eigenvalue weighted by Crippen LogP contribution is -2.22. The van der Waals surface area contributed by atoms with Crippen molar-refractivity contribution in [2.24, 2.45) is 0 Å². The summed E-state index contributed by atoms with van der Waals surface area (Å²) in [7, 11) is 0. The average molecular weight is 422 g/mol. The first-order valence-corrected chi connectivity index (χ1v) is 12.1. The third-order valence-corrected chi connectivity index (χ3v) is 8.70. The highest BCUT2D eigenvalue weighted by Crippen LogP contribution is 2.67. The van der Waals surface area contributed by atoms with Gasteiger partial charge in [0.25, 0.3) is 0 Å². The van der Waals surface area contributed by atoms with Gasteiger partial charge in [0.2, 0.25) is 0 Å². The number of rotatable bonds is 2. The highest BCUT2D eigenvalue weighted by Gasteiger charge is 2.52. The second-order valence-electron chi connectivity index (χ2n) is 9.85. The first kappa shape index (κ1) is 19.1. The molecule has 3 aromatic carbocycles. The molecule has 2 unspecified atom stereocenters. The molecule has 0 N–H and O–H groups in total. The molecular formula is C29H27NS. The van der Waals surface area contributed by atoms with Gasteiger partial charge >= 0.3 is 0 Å². The summed E-state index contributed by atoms with van der Waals surface area (Å²) < 4.78 is 0. The predicted molar refractivity (Wildman–Crippen MR) is 132 cm³/mol. The molecule has 1 aromatic heterocycles. The molecule has 0 bridgehead atoms. The van der Waals surface area contributed by atoms with Gasteiger partial charge in [0.05, 0.1) is 11.2 Å². The number of fused-ring (bicyclic) bond motifs is 6. The van der Waals surface area contributed by atoms with Gasteiger partial charge < -0.3 is 0 Å². The Balaban J connectivity index is 1.50. The topological polar surface area (TPSA) is 12.9 Å². The van der Waals surface area contributed by atoms with Gasteiger partial charge in [-0.2, -0.15) is 0 Å². The number of thioether (sulfide) groups is 1. The molecule has 0 radical (unpaired) electrons. The molecule has 0 saturated heterocycles. The zero-order chi connectivity index (χ0) is 21.3. The van der Waals surface area contributed by atoms with Crippen LogP contribution in [0, 0.1) is 0 Å². The van der Waals surface area contributed by atoms with Crippen LogP contribution in [0.1, 0.15) is 67.0 Å². The van der Waals surface area contributed by atoms with Crippen molar-refractivity contribution in [1.82, 2.24) is 4.98 Å². The summed E-state index contributed by atoms with van der Waals surface area (Å²) >= 11 is 2.04. The second kappa shape index (κ2) is 6.71. The third kappa shape index (κ3) is 2.74. The van der Waals surface area contributed by atoms with Crippen molar-refractivity contribution >= 4 is 22.7 Å². The lowest BCUT2D eigenvalue weighted by Gasteiger charge is -2.29. The van der Waals surface area contributed by atoms with Gasteiger partial charge in [0, 0.05) is 27.0 Å². The number of aromatic nitrogens is 1. The van der Waals surface area contributed by atoms with Crippen LogP contribution in [0.2, 0.25) is 0 Å². The van der Waals surface area contributed by atoms with E-state index in [1.54, 1.807) is 0 Å². The van der Waals surface area contributed by atoms with Crippen molar-refractivity contribution in [3.05, 3.63) is 95.1 Å². The Morgan fingerprint density at radius 3 is 2.52 bits per heavy atom. The quantitative estimate of drug-likeness (QED) is 0.323. The molecule has 1 aliphatic carbocycles. The first-order valence-electron chi connectivity index (χ1n) is 11.2. The van der Waals surface area contributed by atoms with Gasteiger partial charge in [-0.25, -0.2) is 4.98 Å². The SMILES string of the molecule is CC(C)c1ccc2nc(-c3cccc4c3C(C)(C)C3c5ccccc5SC43)ccc2c1. The highest BCUT2D eigenvalue weighted by atomic mass is 32.2. The molecule has 4 aromatic rings. The van der Waals surface area contributed by atoms with Crippen LogP contribution in [0.3, 0.4) is 0 Å². The summed E-state index contributed by atoms with van der Waals surface area (Å²) in [5, 5.41) is 1.72. The maximum Gasteiger partial charge on any atom is 0.0712 e. The molecule has 0 saturated carbocycles. The highest BCUT2D eigenvalue weighted by molar-refractivity contribution is 8.00. The van der Waals surface area contributed by atoms with Crippen LogP contribution in [-0.2, 0) is 5.41 Å². The number of hydrogen-bond acceptors (Lipinski definition) is 2. The Hall–Kier alpha value is -2.58. The van der Waals surface area contributed by atoms with E-state index in [4.69, 9.17) is 4.98 Å². The fourth-order valence-corrected chi connectivity index (χ4v) is 7.48. The Morgan fingerprint density at radius 1 is 0.871 bits per heavy atom. The molecule has 0 amide bonds. The average Bonchev–Trinajstić information content (AvgIpc) is 3.27. The molecule has 0 fully saturated rings. The van der Waals surface area contributed by atoms with Crippen LogP contribution in [0.15, 0.2) is 77.7 Å². The monoisotopic (exact) mass is 421 g/mol. The summed E-state index contributed by atoms with van der Waals surface area (Å²) in [6, 6.07) is 27.0. The van der Waals surface area contributed by atoms with Gasteiger partial charge in [-0.15, -0.1) is 11.8 Å². The van der Waals surface area contributed by atoms with Crippen molar-refractivity contribution < 1.29 is 0 Å². The zero-order valence-electron chi connectivity index (χ0n) is 18.5. The van der Waals surface area contributed by atoms with Crippen LogP contribution >= 0.6 is 11.8 Å². The fourth-order valence-electron chi connectivity index (χ4n) is 5.77. The summed E-state index contributed by atoms with van der Waals surface area (Å²) in [5.74, 6) is 1.04. The summed E-state index contributed by atoms with van der Waals surface area (Å²) in [6.07, 6.45) is 0. The van der Waals surface area contributed by atoms with E-state index in [1.807, 2.05) is 11.8 Å². The lowest BCUT2D eigenvalue weighted by atomic mass is 9.73. The summed E-state index contributed by atoms with van der Waals surface area (Å²) in [4.78, 5) is 6.57. The molecule has 2 aliphatic rings. The number of pyridine rings is 1. The van der Waals surface area contributed by atoms with Crippen LogP contribution < -0.4 is 0 Å². The maximum atomic E-state index is 5.12. The number of benzene rings is 3. The third-order valence-electron chi connectivity index (χ3n) is 7.29. The molecule has 1 nitrogen and oxygen atoms in total. The summed E-state index contributed by atoms with van der Waals surface area (Å²) in [5.41, 5.74) is 9.38. The fraction of sp³-hybridized carbons (Fsp3) is 0.276. The van der Waals surface area contributed by atoms with Gasteiger partial charge in [-0.3, -0.25) is 0 Å². The van der Waals surface area contributed by atoms with Crippen molar-refractivity contribution in [2.45, 2.75) is 55.1 Å². The molecule has 31 heavy (non-hydrogen) atoms. The van der Waals surface area contributed by atoms with Crippen molar-refractivity contribution in [2.75, 3.05) is 0 Å². The number of nitrogens with zero attached hydrogens (tertiary/aromatic N) is 1. The van der Waals surface area contributed by atoms with Crippen LogP contribution in [-0.4, -0.2) is 4.98 Å². The number of hydrogen-bond donors (Lipinski definition) is 0. The smallest absolute Gasteiger partial charge is 0.0712 e. The van der Waals surface area contributed by atoms with E-state index in [0.29, 0.717) is 17.1 Å². The van der Waals surface area contributed by atoms with Gasteiger partial charge in [-0.05, 0) is 57.9 Å². The lowest BCUT2D eigenvalue weighted by molar-refractivity contribution is 0.446. The minimum Gasteiger partial charge on any atom is -0.248 e. The van der Waals surface area contributed by atoms with Gasteiger partial charge in [0.1, 0.15) is 0 Å². The van der Waals surface area contributed by atoms with Crippen molar-refractivity contribution in [3.8, 4) is 11.3 Å². The minimum atomic E-state index is 0.0638. The largest absolute Gasteiger partial charge is 0.248 e. The Bertz CT molecular complexity index is 1330. The standard InChI is InChI=1S/C29H27NS/c1-17(2)18-12-14-23-19(16-18)13-15-24(30-23)20-9-7-10-22-26(20)29(3,4)27-21-8-5-6-11-25(21)31-28(22)27/h5-17,27-28H,1-4H3. The van der Waals surface area contributed by atoms with Crippen LogP contribution in [0.5, 0.6) is 0 Å². The van der Waals surface area contributed by atoms with E-state index >= 15 is 0 Å². The molecular weight excluding hydrogens is 394 g/mol. The van der Waals surface area contributed by atoms with E-state index in [-0.39, 0.29) is 5.41 Å². The molecule has 2 atom stereocenters. The van der Waals surface area contributed by atoms with Crippen molar-refractivity contribution in [1.29, 1.82) is 0 Å². The summed E-state index contributed by atoms with van der Waals surface area (Å²) in [6.45, 7) is 9.34. The zero-order valence-corrected chi connectivity index (χ0v) is 19.3. The van der Waals surface area contributed by atoms with Gasteiger partial charge in [-0.1, -0.05) is 76.2 Å². The van der Waals surface area contributed by atoms with E-state index in [9.17, 15) is 0 Å². The Morgan fingerprint density at radius 2 is 1.68 bits per heavy atom. The van der Waals surface area contributed by atoms with Crippen molar-refractivity contribution in [3.63, 3.8) is 0 Å².